The van der Waals surface area contributed by atoms with Crippen molar-refractivity contribution in [3.63, 3.8) is 0 Å². The molecular formula is C13H14ClN3O2S. The zero-order chi connectivity index (χ0) is 14.7. The van der Waals surface area contributed by atoms with E-state index in [2.05, 4.69) is 10.2 Å². The Balaban J connectivity index is 2.09. The van der Waals surface area contributed by atoms with Gasteiger partial charge in [0.05, 0.1) is 5.25 Å². The van der Waals surface area contributed by atoms with Gasteiger partial charge in [-0.1, -0.05) is 23.4 Å². The molecule has 0 spiro atoms. The first-order valence-electron chi connectivity index (χ1n) is 5.94. The van der Waals surface area contributed by atoms with Gasteiger partial charge >= 0.3 is 0 Å². The second kappa shape index (κ2) is 6.28. The minimum absolute atomic E-state index is 0.00115. The molecule has 20 heavy (non-hydrogen) atoms. The molecule has 0 aliphatic carbocycles. The second-order valence-corrected chi connectivity index (χ2v) is 6.10. The third kappa shape index (κ3) is 3.52. The zero-order valence-electron chi connectivity index (χ0n) is 11.3. The number of rotatable bonds is 4. The van der Waals surface area contributed by atoms with Crippen LogP contribution in [-0.4, -0.2) is 40.3 Å². The SMILES string of the molecule is CC(Sc1nnc(-c2ccc(Cl)cc2)o1)C(=O)N(C)C. The molecule has 106 valence electrons. The maximum absolute atomic E-state index is 11.8. The van der Waals surface area contributed by atoms with E-state index in [1.807, 2.05) is 0 Å². The molecule has 1 aromatic heterocycles. The summed E-state index contributed by atoms with van der Waals surface area (Å²) >= 11 is 7.07. The lowest BCUT2D eigenvalue weighted by Crippen LogP contribution is -2.29. The molecule has 2 rings (SSSR count). The van der Waals surface area contributed by atoms with Gasteiger partial charge in [0, 0.05) is 24.7 Å². The predicted molar refractivity (Wildman–Crippen MR) is 78.8 cm³/mol. The number of carbonyl (C=O) groups is 1. The van der Waals surface area contributed by atoms with E-state index in [1.54, 1.807) is 45.3 Å². The van der Waals surface area contributed by atoms with E-state index < -0.39 is 0 Å². The van der Waals surface area contributed by atoms with Gasteiger partial charge in [-0.05, 0) is 31.2 Å². The average molecular weight is 312 g/mol. The molecule has 0 bridgehead atoms. The lowest BCUT2D eigenvalue weighted by molar-refractivity contribution is -0.127. The fourth-order valence-corrected chi connectivity index (χ4v) is 2.49. The summed E-state index contributed by atoms with van der Waals surface area (Å²) in [7, 11) is 3.43. The highest BCUT2D eigenvalue weighted by Gasteiger charge is 2.19. The highest BCUT2D eigenvalue weighted by molar-refractivity contribution is 8.00. The number of aromatic nitrogens is 2. The average Bonchev–Trinajstić information content (AvgIpc) is 2.87. The quantitative estimate of drug-likeness (QED) is 0.812. The number of halogens is 1. The molecule has 2 aromatic rings. The normalized spacial score (nSPS) is 12.2. The van der Waals surface area contributed by atoms with Gasteiger partial charge in [-0.15, -0.1) is 10.2 Å². The van der Waals surface area contributed by atoms with Gasteiger partial charge in [-0.2, -0.15) is 0 Å². The fourth-order valence-electron chi connectivity index (χ4n) is 1.53. The zero-order valence-corrected chi connectivity index (χ0v) is 12.9. The summed E-state index contributed by atoms with van der Waals surface area (Å²) in [5, 5.41) is 8.65. The van der Waals surface area contributed by atoms with Crippen LogP contribution in [-0.2, 0) is 4.79 Å². The smallest absolute Gasteiger partial charge is 0.277 e. The topological polar surface area (TPSA) is 59.2 Å². The van der Waals surface area contributed by atoms with Gasteiger partial charge in [-0.3, -0.25) is 4.79 Å². The number of carbonyl (C=O) groups excluding carboxylic acids is 1. The summed E-state index contributed by atoms with van der Waals surface area (Å²) in [5.41, 5.74) is 0.792. The molecule has 0 fully saturated rings. The van der Waals surface area contributed by atoms with Crippen molar-refractivity contribution in [2.45, 2.75) is 17.4 Å². The monoisotopic (exact) mass is 311 g/mol. The predicted octanol–water partition coefficient (Wildman–Crippen LogP) is 2.96. The summed E-state index contributed by atoms with van der Waals surface area (Å²) in [6.45, 7) is 1.80. The number of thioether (sulfide) groups is 1. The molecule has 1 amide bonds. The Bertz CT molecular complexity index is 598. The van der Waals surface area contributed by atoms with Crippen molar-refractivity contribution in [1.82, 2.24) is 15.1 Å². The molecule has 0 saturated heterocycles. The number of hydrogen-bond acceptors (Lipinski definition) is 5. The van der Waals surface area contributed by atoms with Gasteiger partial charge in [0.25, 0.3) is 5.22 Å². The molecule has 7 heteroatoms. The van der Waals surface area contributed by atoms with Crippen LogP contribution in [0.3, 0.4) is 0 Å². The molecule has 0 aliphatic rings. The van der Waals surface area contributed by atoms with Crippen LogP contribution in [0, 0.1) is 0 Å². The maximum atomic E-state index is 11.8. The Kier molecular flexibility index (Phi) is 4.67. The van der Waals surface area contributed by atoms with Crippen molar-refractivity contribution in [3.05, 3.63) is 29.3 Å². The summed E-state index contributed by atoms with van der Waals surface area (Å²) < 4.78 is 5.54. The van der Waals surface area contributed by atoms with E-state index in [0.717, 1.165) is 5.56 Å². The second-order valence-electron chi connectivity index (χ2n) is 4.37. The largest absolute Gasteiger partial charge is 0.411 e. The van der Waals surface area contributed by atoms with Crippen LogP contribution in [0.4, 0.5) is 0 Å². The highest BCUT2D eigenvalue weighted by Crippen LogP contribution is 2.27. The standard InChI is InChI=1S/C13H14ClN3O2S/c1-8(12(18)17(2)3)20-13-16-15-11(19-13)9-4-6-10(14)7-5-9/h4-8H,1-3H3. The number of hydrogen-bond donors (Lipinski definition) is 0. The summed E-state index contributed by atoms with van der Waals surface area (Å²) in [6.07, 6.45) is 0. The fraction of sp³-hybridized carbons (Fsp3) is 0.308. The van der Waals surface area contributed by atoms with Crippen LogP contribution in [0.25, 0.3) is 11.5 Å². The molecule has 0 saturated carbocycles. The Morgan fingerprint density at radius 2 is 1.95 bits per heavy atom. The van der Waals surface area contributed by atoms with Crippen molar-refractivity contribution >= 4 is 29.3 Å². The first-order valence-corrected chi connectivity index (χ1v) is 7.20. The molecule has 1 unspecified atom stereocenters. The van der Waals surface area contributed by atoms with Crippen LogP contribution in [0.2, 0.25) is 5.02 Å². The van der Waals surface area contributed by atoms with Crippen LogP contribution in [0.5, 0.6) is 0 Å². The van der Waals surface area contributed by atoms with Gasteiger partial charge in [0.15, 0.2) is 0 Å². The number of nitrogens with zero attached hydrogens (tertiary/aromatic N) is 3. The van der Waals surface area contributed by atoms with Crippen LogP contribution < -0.4 is 0 Å². The van der Waals surface area contributed by atoms with Crippen molar-refractivity contribution < 1.29 is 9.21 Å². The molecular weight excluding hydrogens is 298 g/mol. The van der Waals surface area contributed by atoms with Crippen molar-refractivity contribution in [2.75, 3.05) is 14.1 Å². The Labute approximate surface area is 126 Å². The Morgan fingerprint density at radius 1 is 1.30 bits per heavy atom. The molecule has 1 heterocycles. The summed E-state index contributed by atoms with van der Waals surface area (Å²) in [4.78, 5) is 13.3. The van der Waals surface area contributed by atoms with E-state index in [9.17, 15) is 4.79 Å². The van der Waals surface area contributed by atoms with Gasteiger partial charge in [0.1, 0.15) is 0 Å². The van der Waals surface area contributed by atoms with E-state index >= 15 is 0 Å². The molecule has 5 nitrogen and oxygen atoms in total. The van der Waals surface area contributed by atoms with Crippen LogP contribution in [0.1, 0.15) is 6.92 Å². The van der Waals surface area contributed by atoms with Crippen molar-refractivity contribution in [2.24, 2.45) is 0 Å². The molecule has 0 radical (unpaired) electrons. The third-order valence-corrected chi connectivity index (χ3v) is 3.74. The third-order valence-electron chi connectivity index (χ3n) is 2.56. The van der Waals surface area contributed by atoms with Gasteiger partial charge in [0.2, 0.25) is 11.8 Å². The lowest BCUT2D eigenvalue weighted by Gasteiger charge is -2.14. The molecule has 1 atom stereocenters. The number of benzene rings is 1. The van der Waals surface area contributed by atoms with E-state index in [1.165, 1.54) is 16.7 Å². The van der Waals surface area contributed by atoms with Crippen molar-refractivity contribution in [3.8, 4) is 11.5 Å². The van der Waals surface area contributed by atoms with Gasteiger partial charge in [-0.25, -0.2) is 0 Å². The van der Waals surface area contributed by atoms with Crippen LogP contribution >= 0.6 is 23.4 Å². The van der Waals surface area contributed by atoms with Gasteiger partial charge < -0.3 is 9.32 Å². The molecule has 0 aliphatic heterocycles. The number of amides is 1. The van der Waals surface area contributed by atoms with E-state index in [-0.39, 0.29) is 11.2 Å². The molecule has 0 N–H and O–H groups in total. The van der Waals surface area contributed by atoms with E-state index in [4.69, 9.17) is 16.0 Å². The Morgan fingerprint density at radius 3 is 2.55 bits per heavy atom. The maximum Gasteiger partial charge on any atom is 0.277 e. The Hall–Kier alpha value is -1.53. The molecule has 1 aromatic carbocycles. The minimum Gasteiger partial charge on any atom is -0.411 e. The highest BCUT2D eigenvalue weighted by atomic mass is 35.5. The summed E-state index contributed by atoms with van der Waals surface area (Å²) in [6, 6.07) is 7.12. The summed E-state index contributed by atoms with van der Waals surface area (Å²) in [5.74, 6) is 0.412. The first-order chi connectivity index (χ1) is 9.47. The van der Waals surface area contributed by atoms with Crippen LogP contribution in [0.15, 0.2) is 33.9 Å². The lowest BCUT2D eigenvalue weighted by atomic mass is 10.2. The van der Waals surface area contributed by atoms with Crippen molar-refractivity contribution in [1.29, 1.82) is 0 Å². The van der Waals surface area contributed by atoms with E-state index in [0.29, 0.717) is 16.1 Å². The first kappa shape index (κ1) is 14.9. The minimum atomic E-state index is -0.275.